The Labute approximate surface area is 383 Å². The van der Waals surface area contributed by atoms with Crippen molar-refractivity contribution in [3.63, 3.8) is 0 Å². The van der Waals surface area contributed by atoms with E-state index < -0.39 is 18.2 Å². The minimum Gasteiger partial charge on any atom is -0.394 e. The van der Waals surface area contributed by atoms with E-state index in [4.69, 9.17) is 0 Å². The zero-order valence-corrected chi connectivity index (χ0v) is 41.8. The number of carbonyl (C=O) groups is 1. The molecule has 4 N–H and O–H groups in total. The standard InChI is InChI=1S/C56H113NO4/c1-3-5-7-9-11-13-15-17-19-20-21-22-23-24-25-26-27-28-29-30-31-32-33-34-35-37-39-41-43-45-47-49-51-55(60)57-53(52-58)56(61)54(59)50-48-46-44-42-40-38-36-18-16-14-12-10-8-6-4-2/h53-54,56,58-59,61H,3-52H2,1-2H3,(H,57,60). The molecule has 0 aromatic heterocycles. The second-order valence-corrected chi connectivity index (χ2v) is 19.9. The van der Waals surface area contributed by atoms with Crippen LogP contribution in [0.1, 0.15) is 328 Å². The summed E-state index contributed by atoms with van der Waals surface area (Å²) in [5.41, 5.74) is 0. The van der Waals surface area contributed by atoms with E-state index in [1.54, 1.807) is 0 Å². The van der Waals surface area contributed by atoms with Crippen molar-refractivity contribution in [2.24, 2.45) is 0 Å². The van der Waals surface area contributed by atoms with Crippen molar-refractivity contribution in [2.45, 2.75) is 347 Å². The Kier molecular flexibility index (Phi) is 51.4. The maximum atomic E-state index is 12.5. The summed E-state index contributed by atoms with van der Waals surface area (Å²) < 4.78 is 0. The van der Waals surface area contributed by atoms with Gasteiger partial charge in [0, 0.05) is 6.42 Å². The summed E-state index contributed by atoms with van der Waals surface area (Å²) in [7, 11) is 0. The van der Waals surface area contributed by atoms with Gasteiger partial charge in [-0.25, -0.2) is 0 Å². The van der Waals surface area contributed by atoms with Crippen LogP contribution < -0.4 is 5.32 Å². The fourth-order valence-electron chi connectivity index (χ4n) is 9.34. The van der Waals surface area contributed by atoms with Crippen LogP contribution in [0.3, 0.4) is 0 Å². The molecular weight excluding hydrogens is 751 g/mol. The first-order chi connectivity index (χ1) is 30.1. The van der Waals surface area contributed by atoms with E-state index >= 15 is 0 Å². The van der Waals surface area contributed by atoms with E-state index in [2.05, 4.69) is 19.2 Å². The first-order valence-electron chi connectivity index (χ1n) is 28.3. The Morgan fingerprint density at radius 3 is 0.787 bits per heavy atom. The van der Waals surface area contributed by atoms with Crippen LogP contribution >= 0.6 is 0 Å². The van der Waals surface area contributed by atoms with E-state index in [1.165, 1.54) is 270 Å². The summed E-state index contributed by atoms with van der Waals surface area (Å²) in [4.78, 5) is 12.5. The Morgan fingerprint density at radius 2 is 0.557 bits per heavy atom. The molecule has 0 saturated heterocycles. The number of nitrogens with one attached hydrogen (secondary N) is 1. The van der Waals surface area contributed by atoms with Crippen LogP contribution in [0.25, 0.3) is 0 Å². The van der Waals surface area contributed by atoms with Crippen LogP contribution in [0.2, 0.25) is 0 Å². The number of unbranched alkanes of at least 4 members (excludes halogenated alkanes) is 45. The zero-order valence-electron chi connectivity index (χ0n) is 41.8. The molecule has 0 aliphatic heterocycles. The lowest BCUT2D eigenvalue weighted by Gasteiger charge is -2.26. The lowest BCUT2D eigenvalue weighted by atomic mass is 9.99. The van der Waals surface area contributed by atoms with Crippen LogP contribution in [-0.4, -0.2) is 46.1 Å². The molecule has 0 aliphatic rings. The average molecular weight is 865 g/mol. The average Bonchev–Trinajstić information content (AvgIpc) is 3.26. The maximum absolute atomic E-state index is 12.5. The number of hydrogen-bond donors (Lipinski definition) is 4. The summed E-state index contributed by atoms with van der Waals surface area (Å²) >= 11 is 0. The fourth-order valence-corrected chi connectivity index (χ4v) is 9.34. The SMILES string of the molecule is CCCCCCCCCCCCCCCCCCCCCCCCCCCCCCCCCCC(=O)NC(CO)C(O)C(O)CCCCCCCCCCCCCCCCC. The van der Waals surface area contributed by atoms with Crippen molar-refractivity contribution in [3.05, 3.63) is 0 Å². The molecule has 0 aliphatic carbocycles. The van der Waals surface area contributed by atoms with Gasteiger partial charge in [0.05, 0.1) is 18.8 Å². The van der Waals surface area contributed by atoms with Crippen molar-refractivity contribution >= 4 is 5.91 Å². The van der Waals surface area contributed by atoms with E-state index in [0.29, 0.717) is 12.8 Å². The second-order valence-electron chi connectivity index (χ2n) is 19.9. The molecule has 5 nitrogen and oxygen atoms in total. The molecule has 366 valence electrons. The van der Waals surface area contributed by atoms with Gasteiger partial charge in [0.2, 0.25) is 5.91 Å². The molecule has 3 unspecified atom stereocenters. The normalized spacial score (nSPS) is 13.2. The van der Waals surface area contributed by atoms with Gasteiger partial charge >= 0.3 is 0 Å². The molecule has 5 heteroatoms. The first-order valence-corrected chi connectivity index (χ1v) is 28.3. The highest BCUT2D eigenvalue weighted by Crippen LogP contribution is 2.19. The quantitative estimate of drug-likeness (QED) is 0.0459. The number of hydrogen-bond acceptors (Lipinski definition) is 4. The minimum atomic E-state index is -1.13. The zero-order chi connectivity index (χ0) is 44.4. The third kappa shape index (κ3) is 47.1. The molecule has 0 aromatic rings. The van der Waals surface area contributed by atoms with Gasteiger partial charge in [-0.3, -0.25) is 4.79 Å². The number of aliphatic hydroxyl groups excluding tert-OH is 3. The van der Waals surface area contributed by atoms with Crippen molar-refractivity contribution in [1.82, 2.24) is 5.32 Å². The second kappa shape index (κ2) is 52.0. The number of rotatable bonds is 53. The summed E-state index contributed by atoms with van der Waals surface area (Å²) in [6.45, 7) is 4.22. The Balaban J connectivity index is 3.43. The molecule has 0 heterocycles. The number of aliphatic hydroxyl groups is 3. The Morgan fingerprint density at radius 1 is 0.344 bits per heavy atom. The summed E-state index contributed by atoms with van der Waals surface area (Å²) in [6.07, 6.45) is 62.7. The van der Waals surface area contributed by atoms with E-state index in [1.807, 2.05) is 0 Å². The Hall–Kier alpha value is -0.650. The van der Waals surface area contributed by atoms with Crippen molar-refractivity contribution in [3.8, 4) is 0 Å². The van der Waals surface area contributed by atoms with E-state index in [-0.39, 0.29) is 12.5 Å². The molecule has 61 heavy (non-hydrogen) atoms. The molecule has 1 amide bonds. The maximum Gasteiger partial charge on any atom is 0.220 e. The van der Waals surface area contributed by atoms with Gasteiger partial charge in [-0.15, -0.1) is 0 Å². The van der Waals surface area contributed by atoms with E-state index in [0.717, 1.165) is 32.1 Å². The van der Waals surface area contributed by atoms with Crippen LogP contribution in [0.4, 0.5) is 0 Å². The summed E-state index contributed by atoms with van der Waals surface area (Å²) in [5, 5.41) is 33.7. The summed E-state index contributed by atoms with van der Waals surface area (Å²) in [6, 6.07) is -0.804. The van der Waals surface area contributed by atoms with Crippen molar-refractivity contribution < 1.29 is 20.1 Å². The number of amides is 1. The molecule has 0 radical (unpaired) electrons. The van der Waals surface area contributed by atoms with Gasteiger partial charge in [-0.2, -0.15) is 0 Å². The van der Waals surface area contributed by atoms with Crippen molar-refractivity contribution in [2.75, 3.05) is 6.61 Å². The van der Waals surface area contributed by atoms with E-state index in [9.17, 15) is 20.1 Å². The van der Waals surface area contributed by atoms with Gasteiger partial charge < -0.3 is 20.6 Å². The van der Waals surface area contributed by atoms with Gasteiger partial charge in [0.15, 0.2) is 0 Å². The molecule has 0 fully saturated rings. The third-order valence-electron chi connectivity index (χ3n) is 13.7. The smallest absolute Gasteiger partial charge is 0.220 e. The fraction of sp³-hybridized carbons (Fsp3) is 0.982. The van der Waals surface area contributed by atoms with Gasteiger partial charge in [-0.1, -0.05) is 309 Å². The topological polar surface area (TPSA) is 89.8 Å². The highest BCUT2D eigenvalue weighted by Gasteiger charge is 2.26. The molecule has 0 spiro atoms. The lowest BCUT2D eigenvalue weighted by molar-refractivity contribution is -0.124. The van der Waals surface area contributed by atoms with Gasteiger partial charge in [0.25, 0.3) is 0 Å². The van der Waals surface area contributed by atoms with Crippen LogP contribution in [0, 0.1) is 0 Å². The van der Waals surface area contributed by atoms with Gasteiger partial charge in [-0.05, 0) is 12.8 Å². The molecule has 3 atom stereocenters. The molecule has 0 bridgehead atoms. The highest BCUT2D eigenvalue weighted by molar-refractivity contribution is 5.76. The molecular formula is C56H113NO4. The first kappa shape index (κ1) is 60.4. The molecule has 0 rings (SSSR count). The molecule has 0 aromatic carbocycles. The van der Waals surface area contributed by atoms with Gasteiger partial charge in [0.1, 0.15) is 6.10 Å². The highest BCUT2D eigenvalue weighted by atomic mass is 16.3. The monoisotopic (exact) mass is 864 g/mol. The molecule has 0 saturated carbocycles. The Bertz CT molecular complexity index is 822. The van der Waals surface area contributed by atoms with Crippen LogP contribution in [0.5, 0.6) is 0 Å². The summed E-state index contributed by atoms with van der Waals surface area (Å²) in [5.74, 6) is -0.136. The van der Waals surface area contributed by atoms with Crippen molar-refractivity contribution in [1.29, 1.82) is 0 Å². The van der Waals surface area contributed by atoms with Crippen LogP contribution in [-0.2, 0) is 4.79 Å². The predicted octanol–water partition coefficient (Wildman–Crippen LogP) is 17.3. The number of carbonyl (C=O) groups excluding carboxylic acids is 1. The minimum absolute atomic E-state index is 0.136. The lowest BCUT2D eigenvalue weighted by Crippen LogP contribution is -2.50. The van der Waals surface area contributed by atoms with Crippen LogP contribution in [0.15, 0.2) is 0 Å². The predicted molar refractivity (Wildman–Crippen MR) is 269 cm³/mol. The largest absolute Gasteiger partial charge is 0.394 e. The third-order valence-corrected chi connectivity index (χ3v) is 13.7.